The Morgan fingerprint density at radius 1 is 0.469 bits per heavy atom. The molecule has 3 aromatic rings. The molecule has 0 bridgehead atoms. The smallest absolute Gasteiger partial charge is 0.234 e. The van der Waals surface area contributed by atoms with Crippen LogP contribution in [-0.2, 0) is 14.4 Å². The number of carbonyl (C=O) groups is 3. The molecule has 10 heteroatoms. The number of rotatable bonds is 12. The van der Waals surface area contributed by atoms with Crippen LogP contribution in [0.3, 0.4) is 0 Å². The van der Waals surface area contributed by atoms with Gasteiger partial charge < -0.3 is 20.9 Å². The summed E-state index contributed by atoms with van der Waals surface area (Å²) in [4.78, 5) is 48.5. The minimum absolute atomic E-state index is 0.0194. The molecule has 1 fully saturated rings. The summed E-state index contributed by atoms with van der Waals surface area (Å²) in [5, 5.41) is 9.46. The number of hydrogen-bond donors (Lipinski definition) is 3. The lowest BCUT2D eigenvalue weighted by Gasteiger charge is -2.33. The van der Waals surface area contributed by atoms with Crippen LogP contribution >= 0.6 is 0 Å². The van der Waals surface area contributed by atoms with E-state index in [1.54, 1.807) is 0 Å². The van der Waals surface area contributed by atoms with Gasteiger partial charge in [-0.05, 0) is 44.5 Å². The van der Waals surface area contributed by atoms with Crippen LogP contribution in [0.4, 0.5) is 0 Å². The van der Waals surface area contributed by atoms with Crippen molar-refractivity contribution in [2.75, 3.05) is 79.0 Å². The zero-order valence-electron chi connectivity index (χ0n) is 29.7. The number of nitrogens with zero attached hydrogens (tertiary/aromatic N) is 4. The number of amides is 3. The van der Waals surface area contributed by atoms with Gasteiger partial charge in [0, 0.05) is 52.4 Å². The van der Waals surface area contributed by atoms with E-state index < -0.39 is 0 Å². The fraction of sp³-hybridized carbons (Fsp3) is 0.462. The highest BCUT2D eigenvalue weighted by Crippen LogP contribution is 2.13. The Hall–Kier alpha value is -4.09. The highest BCUT2D eigenvalue weighted by molar-refractivity contribution is 5.79. The molecule has 0 aliphatic carbocycles. The summed E-state index contributed by atoms with van der Waals surface area (Å²) in [5.74, 6) is -0.0897. The molecule has 0 aromatic heterocycles. The zero-order chi connectivity index (χ0) is 35.0. The summed E-state index contributed by atoms with van der Waals surface area (Å²) in [7, 11) is 2.09. The van der Waals surface area contributed by atoms with E-state index in [0.717, 1.165) is 29.8 Å². The van der Waals surface area contributed by atoms with Crippen LogP contribution in [0.1, 0.15) is 55.6 Å². The molecule has 0 radical (unpaired) electrons. The Bertz CT molecular complexity index is 1350. The molecule has 1 aliphatic rings. The van der Waals surface area contributed by atoms with E-state index in [1.807, 2.05) is 112 Å². The Kier molecular flexibility index (Phi) is 15.2. The predicted molar refractivity (Wildman–Crippen MR) is 196 cm³/mol. The second-order valence-corrected chi connectivity index (χ2v) is 13.2. The van der Waals surface area contributed by atoms with Gasteiger partial charge >= 0.3 is 0 Å². The highest BCUT2D eigenvalue weighted by Gasteiger charge is 2.21. The third-order valence-corrected chi connectivity index (χ3v) is 9.19. The van der Waals surface area contributed by atoms with Gasteiger partial charge in [-0.15, -0.1) is 0 Å². The monoisotopic (exact) mass is 669 g/mol. The van der Waals surface area contributed by atoms with Gasteiger partial charge in [-0.3, -0.25) is 29.1 Å². The van der Waals surface area contributed by atoms with Crippen molar-refractivity contribution in [2.24, 2.45) is 0 Å². The molecule has 4 rings (SSSR count). The molecule has 1 saturated heterocycles. The van der Waals surface area contributed by atoms with Crippen LogP contribution in [0.25, 0.3) is 0 Å². The van der Waals surface area contributed by atoms with E-state index in [9.17, 15) is 14.4 Å². The lowest BCUT2D eigenvalue weighted by atomic mass is 10.1. The molecule has 3 aromatic carbocycles. The van der Waals surface area contributed by atoms with Crippen molar-refractivity contribution in [2.45, 2.75) is 38.9 Å². The number of carbonyl (C=O) groups excluding carboxylic acids is 3. The second-order valence-electron chi connectivity index (χ2n) is 13.2. The molecule has 3 N–H and O–H groups in total. The van der Waals surface area contributed by atoms with Gasteiger partial charge in [-0.2, -0.15) is 0 Å². The first-order valence-electron chi connectivity index (χ1n) is 17.5. The predicted octanol–water partition coefficient (Wildman–Crippen LogP) is 3.47. The Balaban J connectivity index is 1.40. The fourth-order valence-corrected chi connectivity index (χ4v) is 6.06. The van der Waals surface area contributed by atoms with E-state index >= 15 is 0 Å². The van der Waals surface area contributed by atoms with Crippen molar-refractivity contribution >= 4 is 17.7 Å². The van der Waals surface area contributed by atoms with Crippen molar-refractivity contribution < 1.29 is 14.4 Å². The Morgan fingerprint density at radius 2 is 0.714 bits per heavy atom. The lowest BCUT2D eigenvalue weighted by molar-refractivity contribution is -0.125. The molecule has 1 aliphatic heterocycles. The number of nitrogens with one attached hydrogen (secondary N) is 3. The standard InChI is InChI=1S/C39H55N7O3/c1-31(34-14-8-5-9-15-34)40-37(47)28-44-22-20-43(4)21-23-45(29-38(48)41-32(2)35-16-10-6-11-17-35)25-27-46(26-24-44)30-39(49)42-33(3)36-18-12-7-13-19-36/h5-19,31-33H,20-30H2,1-4H3,(H,40,47)(H,41,48)(H,42,49)/t31-,32-,33-/m0/s1. The minimum atomic E-state index is -0.115. The van der Waals surface area contributed by atoms with Gasteiger partial charge in [0.25, 0.3) is 0 Å². The van der Waals surface area contributed by atoms with E-state index in [1.165, 1.54) is 0 Å². The van der Waals surface area contributed by atoms with E-state index in [-0.39, 0.29) is 55.5 Å². The topological polar surface area (TPSA) is 100 Å². The molecule has 1 heterocycles. The summed E-state index contributed by atoms with van der Waals surface area (Å²) in [6, 6.07) is 29.6. The third-order valence-electron chi connectivity index (χ3n) is 9.19. The average Bonchev–Trinajstić information content (AvgIpc) is 3.10. The molecule has 0 spiro atoms. The Morgan fingerprint density at radius 3 is 0.980 bits per heavy atom. The number of likely N-dealkylation sites (N-methyl/N-ethyl adjacent to an activating group) is 1. The van der Waals surface area contributed by atoms with Gasteiger partial charge in [-0.25, -0.2) is 0 Å². The van der Waals surface area contributed by atoms with Crippen molar-refractivity contribution in [1.82, 2.24) is 35.6 Å². The molecule has 49 heavy (non-hydrogen) atoms. The van der Waals surface area contributed by atoms with Crippen LogP contribution in [0.5, 0.6) is 0 Å². The minimum Gasteiger partial charge on any atom is -0.348 e. The lowest BCUT2D eigenvalue weighted by Crippen LogP contribution is -2.50. The molecule has 0 saturated carbocycles. The molecular weight excluding hydrogens is 614 g/mol. The maximum Gasteiger partial charge on any atom is 0.234 e. The maximum absolute atomic E-state index is 13.3. The van der Waals surface area contributed by atoms with Crippen molar-refractivity contribution in [3.05, 3.63) is 108 Å². The Labute approximate surface area is 292 Å². The summed E-state index contributed by atoms with van der Waals surface area (Å²) in [6.07, 6.45) is 0. The van der Waals surface area contributed by atoms with E-state index in [0.29, 0.717) is 39.3 Å². The molecular formula is C39H55N7O3. The first-order chi connectivity index (χ1) is 23.7. The van der Waals surface area contributed by atoms with Crippen molar-refractivity contribution in [3.8, 4) is 0 Å². The average molecular weight is 670 g/mol. The largest absolute Gasteiger partial charge is 0.348 e. The van der Waals surface area contributed by atoms with Gasteiger partial charge in [0.05, 0.1) is 37.8 Å². The summed E-state index contributed by atoms with van der Waals surface area (Å²) in [5.41, 5.74) is 3.19. The SMILES string of the molecule is C[C@H](NC(=O)CN1CCN(C)CCN(CC(=O)N[C@@H](C)c2ccccc2)CCN(CC(=O)N[C@@H](C)c2ccccc2)CC1)c1ccccc1. The third kappa shape index (κ3) is 13.4. The normalized spacial score (nSPS) is 17.9. The molecule has 10 nitrogen and oxygen atoms in total. The first-order valence-corrected chi connectivity index (χ1v) is 17.5. The number of hydrogen-bond acceptors (Lipinski definition) is 7. The molecule has 3 atom stereocenters. The van der Waals surface area contributed by atoms with Gasteiger partial charge in [0.2, 0.25) is 17.7 Å². The molecule has 0 unspecified atom stereocenters. The van der Waals surface area contributed by atoms with E-state index in [4.69, 9.17) is 0 Å². The summed E-state index contributed by atoms with van der Waals surface area (Å²) in [6.45, 7) is 12.3. The molecule has 3 amide bonds. The highest BCUT2D eigenvalue weighted by atomic mass is 16.2. The van der Waals surface area contributed by atoms with Crippen LogP contribution in [0.15, 0.2) is 91.0 Å². The van der Waals surface area contributed by atoms with Gasteiger partial charge in [-0.1, -0.05) is 91.0 Å². The molecule has 264 valence electrons. The van der Waals surface area contributed by atoms with Crippen molar-refractivity contribution in [1.29, 1.82) is 0 Å². The van der Waals surface area contributed by atoms with Crippen LogP contribution < -0.4 is 16.0 Å². The fourth-order valence-electron chi connectivity index (χ4n) is 6.06. The van der Waals surface area contributed by atoms with Crippen molar-refractivity contribution in [3.63, 3.8) is 0 Å². The van der Waals surface area contributed by atoms with Crippen LogP contribution in [0.2, 0.25) is 0 Å². The van der Waals surface area contributed by atoms with Gasteiger partial charge in [0.1, 0.15) is 0 Å². The van der Waals surface area contributed by atoms with Crippen LogP contribution in [0, 0.1) is 0 Å². The summed E-state index contributed by atoms with van der Waals surface area (Å²) >= 11 is 0. The van der Waals surface area contributed by atoms with Crippen LogP contribution in [-0.4, -0.2) is 116 Å². The zero-order valence-corrected chi connectivity index (χ0v) is 29.7. The van der Waals surface area contributed by atoms with Gasteiger partial charge in [0.15, 0.2) is 0 Å². The second kappa shape index (κ2) is 19.8. The van der Waals surface area contributed by atoms with E-state index in [2.05, 4.69) is 42.6 Å². The maximum atomic E-state index is 13.3. The number of benzene rings is 3. The first kappa shape index (κ1) is 37.7. The summed E-state index contributed by atoms with van der Waals surface area (Å²) < 4.78 is 0. The quantitative estimate of drug-likeness (QED) is 0.272.